The van der Waals surface area contributed by atoms with Gasteiger partial charge < -0.3 is 20.6 Å². The molecule has 3 aromatic carbocycles. The molecule has 4 rings (SSSR count). The van der Waals surface area contributed by atoms with Gasteiger partial charge in [0.25, 0.3) is 0 Å². The normalized spacial score (nSPS) is 15.3. The van der Waals surface area contributed by atoms with E-state index >= 15 is 0 Å². The molecule has 1 saturated heterocycles. The molecule has 0 radical (unpaired) electrons. The largest absolute Gasteiger partial charge is 0.478 e. The summed E-state index contributed by atoms with van der Waals surface area (Å²) in [5.74, 6) is -1.36. The van der Waals surface area contributed by atoms with Gasteiger partial charge in [-0.2, -0.15) is 13.2 Å². The summed E-state index contributed by atoms with van der Waals surface area (Å²) < 4.78 is 38.5. The number of carboxylic acid groups (broad SMARTS) is 1. The first kappa shape index (κ1) is 27.0. The van der Waals surface area contributed by atoms with Gasteiger partial charge >= 0.3 is 18.2 Å². The van der Waals surface area contributed by atoms with Crippen LogP contribution in [0.1, 0.15) is 34.3 Å². The summed E-state index contributed by atoms with van der Waals surface area (Å²) in [4.78, 5) is 38.1. The van der Waals surface area contributed by atoms with E-state index in [2.05, 4.69) is 10.6 Å². The molecule has 38 heavy (non-hydrogen) atoms. The first-order valence-electron chi connectivity index (χ1n) is 11.7. The Morgan fingerprint density at radius 3 is 2.18 bits per heavy atom. The molecule has 0 saturated carbocycles. The molecule has 0 bridgehead atoms. The van der Waals surface area contributed by atoms with Gasteiger partial charge in [-0.05, 0) is 65.9 Å². The molecule has 0 spiro atoms. The number of aromatic carboxylic acids is 1. The summed E-state index contributed by atoms with van der Waals surface area (Å²) in [5, 5.41) is 14.4. The Bertz CT molecular complexity index is 1350. The number of carbonyl (C=O) groups is 3. The zero-order chi connectivity index (χ0) is 27.4. The first-order valence-corrected chi connectivity index (χ1v) is 12.1. The SMILES string of the molecule is O=C(O)c1ccc(-c2ccc(NC(=O)[C@H]3CCCN3C(=O)NCc3ccc(C(F)(F)F)cc3Cl)cc2)cc1. The van der Waals surface area contributed by atoms with E-state index in [1.165, 1.54) is 23.1 Å². The van der Waals surface area contributed by atoms with Crippen LogP contribution in [0.5, 0.6) is 0 Å². The number of likely N-dealkylation sites (tertiary alicyclic amines) is 1. The van der Waals surface area contributed by atoms with Crippen LogP contribution in [0.15, 0.2) is 66.7 Å². The predicted molar refractivity (Wildman–Crippen MR) is 136 cm³/mol. The highest BCUT2D eigenvalue weighted by molar-refractivity contribution is 6.31. The van der Waals surface area contributed by atoms with Crippen LogP contribution in [0.3, 0.4) is 0 Å². The van der Waals surface area contributed by atoms with Crippen LogP contribution in [0, 0.1) is 0 Å². The second-order valence-corrected chi connectivity index (χ2v) is 9.17. The minimum atomic E-state index is -4.52. The average Bonchev–Trinajstić information content (AvgIpc) is 3.38. The summed E-state index contributed by atoms with van der Waals surface area (Å²) in [6.07, 6.45) is -3.43. The Kier molecular flexibility index (Phi) is 7.91. The third kappa shape index (κ3) is 6.25. The fraction of sp³-hybridized carbons (Fsp3) is 0.222. The highest BCUT2D eigenvalue weighted by Gasteiger charge is 2.34. The molecular weight excluding hydrogens is 523 g/mol. The minimum absolute atomic E-state index is 0.0877. The van der Waals surface area contributed by atoms with Crippen LogP contribution >= 0.6 is 11.6 Å². The van der Waals surface area contributed by atoms with Crippen LogP contribution in [-0.4, -0.2) is 40.5 Å². The molecule has 3 aromatic rings. The van der Waals surface area contributed by atoms with Crippen LogP contribution in [0.2, 0.25) is 5.02 Å². The lowest BCUT2D eigenvalue weighted by molar-refractivity contribution is -0.137. The van der Waals surface area contributed by atoms with Gasteiger partial charge in [-0.1, -0.05) is 41.9 Å². The molecule has 1 heterocycles. The number of anilines is 1. The topological polar surface area (TPSA) is 98.7 Å². The van der Waals surface area contributed by atoms with Gasteiger partial charge in [0.15, 0.2) is 0 Å². The van der Waals surface area contributed by atoms with E-state index in [9.17, 15) is 27.6 Å². The predicted octanol–water partition coefficient (Wildman–Crippen LogP) is 6.04. The van der Waals surface area contributed by atoms with E-state index in [0.717, 1.165) is 23.3 Å². The highest BCUT2D eigenvalue weighted by Crippen LogP contribution is 2.32. The summed E-state index contributed by atoms with van der Waals surface area (Å²) in [6.45, 7) is 0.269. The van der Waals surface area contributed by atoms with Gasteiger partial charge in [0.05, 0.1) is 11.1 Å². The maximum Gasteiger partial charge on any atom is 0.416 e. The minimum Gasteiger partial charge on any atom is -0.478 e. The van der Waals surface area contributed by atoms with Gasteiger partial charge in [-0.25, -0.2) is 9.59 Å². The van der Waals surface area contributed by atoms with E-state index in [1.54, 1.807) is 36.4 Å². The molecule has 1 atom stereocenters. The Labute approximate surface area is 221 Å². The molecule has 3 amide bonds. The molecule has 1 aliphatic rings. The molecular formula is C27H23ClF3N3O4. The molecule has 0 aliphatic carbocycles. The second-order valence-electron chi connectivity index (χ2n) is 8.76. The van der Waals surface area contributed by atoms with Crippen molar-refractivity contribution in [3.05, 3.63) is 88.4 Å². The number of carbonyl (C=O) groups excluding carboxylic acids is 2. The summed E-state index contributed by atoms with van der Waals surface area (Å²) in [6, 6.07) is 15.1. The Morgan fingerprint density at radius 2 is 1.61 bits per heavy atom. The number of alkyl halides is 3. The molecule has 11 heteroatoms. The number of halogens is 4. The van der Waals surface area contributed by atoms with Crippen LogP contribution in [0.4, 0.5) is 23.7 Å². The summed E-state index contributed by atoms with van der Waals surface area (Å²) in [5.41, 5.74) is 1.82. The van der Waals surface area contributed by atoms with Crippen molar-refractivity contribution in [3.63, 3.8) is 0 Å². The van der Waals surface area contributed by atoms with Crippen molar-refractivity contribution < 1.29 is 32.7 Å². The third-order valence-electron chi connectivity index (χ3n) is 6.24. The van der Waals surface area contributed by atoms with Gasteiger partial charge in [0, 0.05) is 23.8 Å². The van der Waals surface area contributed by atoms with Crippen molar-refractivity contribution >= 4 is 35.2 Å². The number of amides is 3. The van der Waals surface area contributed by atoms with E-state index in [0.29, 0.717) is 30.6 Å². The number of hydrogen-bond acceptors (Lipinski definition) is 3. The monoisotopic (exact) mass is 545 g/mol. The Morgan fingerprint density at radius 1 is 0.974 bits per heavy atom. The average molecular weight is 546 g/mol. The van der Waals surface area contributed by atoms with E-state index in [4.69, 9.17) is 16.7 Å². The smallest absolute Gasteiger partial charge is 0.416 e. The fourth-order valence-electron chi connectivity index (χ4n) is 4.20. The van der Waals surface area contributed by atoms with Crippen molar-refractivity contribution in [2.75, 3.05) is 11.9 Å². The van der Waals surface area contributed by atoms with Crippen molar-refractivity contribution in [2.24, 2.45) is 0 Å². The quantitative estimate of drug-likeness (QED) is 0.352. The van der Waals surface area contributed by atoms with E-state index < -0.39 is 29.8 Å². The molecule has 1 aliphatic heterocycles. The standard InChI is InChI=1S/C27H23ClF3N3O4/c28-22-14-20(27(29,30)31)10-7-19(22)15-32-26(38)34-13-1-2-23(34)24(35)33-21-11-8-17(9-12-21)16-3-5-18(6-4-16)25(36)37/h3-12,14,23H,1-2,13,15H2,(H,32,38)(H,33,35)(H,36,37)/t23-/m1/s1. The maximum absolute atomic E-state index is 12.9. The lowest BCUT2D eigenvalue weighted by Gasteiger charge is -2.24. The lowest BCUT2D eigenvalue weighted by Crippen LogP contribution is -2.47. The number of carboxylic acids is 1. The molecule has 7 nitrogen and oxygen atoms in total. The molecule has 3 N–H and O–H groups in total. The van der Waals surface area contributed by atoms with Gasteiger partial charge in [0.2, 0.25) is 5.91 Å². The van der Waals surface area contributed by atoms with Crippen LogP contribution in [0.25, 0.3) is 11.1 Å². The van der Waals surface area contributed by atoms with E-state index in [-0.39, 0.29) is 23.0 Å². The van der Waals surface area contributed by atoms with Crippen LogP contribution in [-0.2, 0) is 17.5 Å². The highest BCUT2D eigenvalue weighted by atomic mass is 35.5. The lowest BCUT2D eigenvalue weighted by atomic mass is 10.0. The van der Waals surface area contributed by atoms with Crippen molar-refractivity contribution in [2.45, 2.75) is 31.6 Å². The van der Waals surface area contributed by atoms with Crippen molar-refractivity contribution in [1.82, 2.24) is 10.2 Å². The summed E-state index contributed by atoms with van der Waals surface area (Å²) in [7, 11) is 0. The van der Waals surface area contributed by atoms with Crippen molar-refractivity contribution in [3.8, 4) is 11.1 Å². The summed E-state index contributed by atoms with van der Waals surface area (Å²) >= 11 is 5.96. The Balaban J connectivity index is 1.35. The zero-order valence-electron chi connectivity index (χ0n) is 19.9. The number of nitrogens with one attached hydrogen (secondary N) is 2. The third-order valence-corrected chi connectivity index (χ3v) is 6.60. The van der Waals surface area contributed by atoms with E-state index in [1.807, 2.05) is 0 Å². The first-order chi connectivity index (χ1) is 18.0. The number of benzene rings is 3. The molecule has 0 unspecified atom stereocenters. The zero-order valence-corrected chi connectivity index (χ0v) is 20.6. The van der Waals surface area contributed by atoms with Crippen LogP contribution < -0.4 is 10.6 Å². The number of rotatable bonds is 6. The number of urea groups is 1. The molecule has 0 aromatic heterocycles. The fourth-order valence-corrected chi connectivity index (χ4v) is 4.45. The van der Waals surface area contributed by atoms with Gasteiger partial charge in [-0.3, -0.25) is 4.79 Å². The number of hydrogen-bond donors (Lipinski definition) is 3. The maximum atomic E-state index is 12.9. The number of nitrogens with zero attached hydrogens (tertiary/aromatic N) is 1. The van der Waals surface area contributed by atoms with Gasteiger partial charge in [-0.15, -0.1) is 0 Å². The molecule has 198 valence electrons. The molecule has 1 fully saturated rings. The second kappa shape index (κ2) is 11.1. The van der Waals surface area contributed by atoms with Gasteiger partial charge in [0.1, 0.15) is 6.04 Å². The van der Waals surface area contributed by atoms with Crippen molar-refractivity contribution in [1.29, 1.82) is 0 Å². The Hall–Kier alpha value is -4.05.